The van der Waals surface area contributed by atoms with Gasteiger partial charge in [0.2, 0.25) is 0 Å². The smallest absolute Gasteiger partial charge is 0.124 e. The predicted octanol–water partition coefficient (Wildman–Crippen LogP) is 6.18. The standard InChI is InChI=1S/C20H17Cl2NO/c21-17-9-11-18(12-10-17)23-13-15-5-2-4-8-20(15)24-14-16-6-1-3-7-19(16)22/h1-12,23H,13-14H2. The van der Waals surface area contributed by atoms with Gasteiger partial charge in [0.1, 0.15) is 12.4 Å². The molecule has 3 aromatic rings. The van der Waals surface area contributed by atoms with E-state index in [1.54, 1.807) is 0 Å². The highest BCUT2D eigenvalue weighted by Crippen LogP contribution is 2.23. The second-order valence-electron chi connectivity index (χ2n) is 5.35. The fourth-order valence-electron chi connectivity index (χ4n) is 2.33. The number of anilines is 1. The highest BCUT2D eigenvalue weighted by Gasteiger charge is 2.05. The van der Waals surface area contributed by atoms with E-state index in [0.717, 1.165) is 27.6 Å². The van der Waals surface area contributed by atoms with Gasteiger partial charge in [0.15, 0.2) is 0 Å². The summed E-state index contributed by atoms with van der Waals surface area (Å²) in [5, 5.41) is 4.82. The molecule has 0 heterocycles. The van der Waals surface area contributed by atoms with Crippen LogP contribution < -0.4 is 10.1 Å². The van der Waals surface area contributed by atoms with Gasteiger partial charge in [0, 0.05) is 33.4 Å². The van der Waals surface area contributed by atoms with E-state index in [4.69, 9.17) is 27.9 Å². The number of rotatable bonds is 6. The van der Waals surface area contributed by atoms with Gasteiger partial charge in [-0.05, 0) is 36.4 Å². The number of ether oxygens (including phenoxy) is 1. The average molecular weight is 358 g/mol. The van der Waals surface area contributed by atoms with Gasteiger partial charge in [-0.3, -0.25) is 0 Å². The Morgan fingerprint density at radius 1 is 0.750 bits per heavy atom. The molecule has 0 aliphatic heterocycles. The van der Waals surface area contributed by atoms with Crippen LogP contribution in [-0.2, 0) is 13.2 Å². The second kappa shape index (κ2) is 8.09. The molecule has 4 heteroatoms. The lowest BCUT2D eigenvalue weighted by Gasteiger charge is -2.13. The first-order valence-corrected chi connectivity index (χ1v) is 8.41. The topological polar surface area (TPSA) is 21.3 Å². The molecule has 0 bridgehead atoms. The molecular weight excluding hydrogens is 341 g/mol. The molecule has 0 saturated heterocycles. The van der Waals surface area contributed by atoms with Gasteiger partial charge in [0.25, 0.3) is 0 Å². The van der Waals surface area contributed by atoms with E-state index in [9.17, 15) is 0 Å². The van der Waals surface area contributed by atoms with Gasteiger partial charge in [-0.1, -0.05) is 59.6 Å². The molecule has 0 saturated carbocycles. The van der Waals surface area contributed by atoms with Gasteiger partial charge >= 0.3 is 0 Å². The number of halogens is 2. The minimum atomic E-state index is 0.442. The third-order valence-electron chi connectivity index (χ3n) is 3.64. The molecule has 0 aromatic heterocycles. The quantitative estimate of drug-likeness (QED) is 0.568. The zero-order chi connectivity index (χ0) is 16.8. The number of nitrogens with one attached hydrogen (secondary N) is 1. The lowest BCUT2D eigenvalue weighted by molar-refractivity contribution is 0.303. The maximum absolute atomic E-state index is 6.18. The number of para-hydroxylation sites is 1. The lowest BCUT2D eigenvalue weighted by Crippen LogP contribution is -2.03. The van der Waals surface area contributed by atoms with E-state index in [2.05, 4.69) is 5.32 Å². The summed E-state index contributed by atoms with van der Waals surface area (Å²) in [6, 6.07) is 23.3. The number of hydrogen-bond donors (Lipinski definition) is 1. The van der Waals surface area contributed by atoms with Crippen molar-refractivity contribution in [3.63, 3.8) is 0 Å². The Bertz CT molecular complexity index is 803. The van der Waals surface area contributed by atoms with Crippen LogP contribution in [0.3, 0.4) is 0 Å². The van der Waals surface area contributed by atoms with Crippen LogP contribution in [-0.4, -0.2) is 0 Å². The first-order chi connectivity index (χ1) is 11.7. The summed E-state index contributed by atoms with van der Waals surface area (Å²) < 4.78 is 5.97. The molecule has 0 unspecified atom stereocenters. The van der Waals surface area contributed by atoms with Crippen molar-refractivity contribution in [2.24, 2.45) is 0 Å². The highest BCUT2D eigenvalue weighted by atomic mass is 35.5. The zero-order valence-corrected chi connectivity index (χ0v) is 14.5. The summed E-state index contributed by atoms with van der Waals surface area (Å²) in [6.45, 7) is 1.11. The first-order valence-electron chi connectivity index (χ1n) is 7.66. The fraction of sp³-hybridized carbons (Fsp3) is 0.100. The molecule has 0 amide bonds. The summed E-state index contributed by atoms with van der Waals surface area (Å²) in [7, 11) is 0. The Kier molecular flexibility index (Phi) is 5.63. The van der Waals surface area contributed by atoms with Gasteiger partial charge < -0.3 is 10.1 Å². The van der Waals surface area contributed by atoms with Gasteiger partial charge in [-0.15, -0.1) is 0 Å². The van der Waals surface area contributed by atoms with Crippen LogP contribution in [0.15, 0.2) is 72.8 Å². The van der Waals surface area contributed by atoms with Crippen LogP contribution in [0.5, 0.6) is 5.75 Å². The SMILES string of the molecule is Clc1ccc(NCc2ccccc2OCc2ccccc2Cl)cc1. The predicted molar refractivity (Wildman–Crippen MR) is 101 cm³/mol. The molecule has 3 aromatic carbocycles. The molecule has 3 rings (SSSR count). The third kappa shape index (κ3) is 4.44. The van der Waals surface area contributed by atoms with Crippen LogP contribution in [0, 0.1) is 0 Å². The van der Waals surface area contributed by atoms with Gasteiger partial charge in [-0.2, -0.15) is 0 Å². The summed E-state index contributed by atoms with van der Waals surface area (Å²) in [4.78, 5) is 0. The number of hydrogen-bond acceptors (Lipinski definition) is 2. The van der Waals surface area contributed by atoms with E-state index >= 15 is 0 Å². The molecule has 0 atom stereocenters. The highest BCUT2D eigenvalue weighted by molar-refractivity contribution is 6.31. The number of benzene rings is 3. The summed E-state index contributed by atoms with van der Waals surface area (Å²) >= 11 is 12.1. The maximum Gasteiger partial charge on any atom is 0.124 e. The van der Waals surface area contributed by atoms with Crippen LogP contribution in [0.4, 0.5) is 5.69 Å². The molecule has 2 nitrogen and oxygen atoms in total. The molecular formula is C20H17Cl2NO. The minimum Gasteiger partial charge on any atom is -0.488 e. The van der Waals surface area contributed by atoms with Crippen LogP contribution in [0.25, 0.3) is 0 Å². The molecule has 0 spiro atoms. The van der Waals surface area contributed by atoms with E-state index in [1.165, 1.54) is 0 Å². The van der Waals surface area contributed by atoms with Crippen LogP contribution in [0.1, 0.15) is 11.1 Å². The Morgan fingerprint density at radius 3 is 2.17 bits per heavy atom. The Labute approximate surface area is 152 Å². The van der Waals surface area contributed by atoms with Crippen molar-refractivity contribution in [1.29, 1.82) is 0 Å². The summed E-state index contributed by atoms with van der Waals surface area (Å²) in [6.07, 6.45) is 0. The first kappa shape index (κ1) is 16.7. The van der Waals surface area contributed by atoms with Crippen molar-refractivity contribution < 1.29 is 4.74 Å². The fourth-order valence-corrected chi connectivity index (χ4v) is 2.64. The van der Waals surface area contributed by atoms with Crippen LogP contribution >= 0.6 is 23.2 Å². The van der Waals surface area contributed by atoms with E-state index in [1.807, 2.05) is 72.8 Å². The van der Waals surface area contributed by atoms with Gasteiger partial charge in [-0.25, -0.2) is 0 Å². The Balaban J connectivity index is 1.66. The molecule has 1 N–H and O–H groups in total. The van der Waals surface area contributed by atoms with Crippen molar-refractivity contribution >= 4 is 28.9 Å². The maximum atomic E-state index is 6.18. The van der Waals surface area contributed by atoms with Crippen molar-refractivity contribution in [2.75, 3.05) is 5.32 Å². The normalized spacial score (nSPS) is 10.4. The molecule has 0 fully saturated rings. The van der Waals surface area contributed by atoms with E-state index in [0.29, 0.717) is 18.2 Å². The summed E-state index contributed by atoms with van der Waals surface area (Å²) in [5.41, 5.74) is 3.07. The molecule has 122 valence electrons. The van der Waals surface area contributed by atoms with Crippen LogP contribution in [0.2, 0.25) is 10.0 Å². The third-order valence-corrected chi connectivity index (χ3v) is 4.26. The van der Waals surface area contributed by atoms with Crippen molar-refractivity contribution in [2.45, 2.75) is 13.2 Å². The zero-order valence-electron chi connectivity index (χ0n) is 13.0. The van der Waals surface area contributed by atoms with E-state index in [-0.39, 0.29) is 0 Å². The summed E-state index contributed by atoms with van der Waals surface area (Å²) in [5.74, 6) is 0.846. The van der Waals surface area contributed by atoms with Crippen molar-refractivity contribution in [3.8, 4) is 5.75 Å². The lowest BCUT2D eigenvalue weighted by atomic mass is 10.2. The molecule has 0 aliphatic rings. The Hall–Kier alpha value is -2.16. The molecule has 0 aliphatic carbocycles. The monoisotopic (exact) mass is 357 g/mol. The van der Waals surface area contributed by atoms with Crippen molar-refractivity contribution in [1.82, 2.24) is 0 Å². The second-order valence-corrected chi connectivity index (χ2v) is 6.19. The molecule has 0 radical (unpaired) electrons. The largest absolute Gasteiger partial charge is 0.488 e. The van der Waals surface area contributed by atoms with Gasteiger partial charge in [0.05, 0.1) is 0 Å². The minimum absolute atomic E-state index is 0.442. The van der Waals surface area contributed by atoms with Crippen molar-refractivity contribution in [3.05, 3.63) is 94.0 Å². The average Bonchev–Trinajstić information content (AvgIpc) is 2.61. The molecule has 24 heavy (non-hydrogen) atoms. The Morgan fingerprint density at radius 2 is 1.42 bits per heavy atom. The van der Waals surface area contributed by atoms with E-state index < -0.39 is 0 Å².